The Labute approximate surface area is 121 Å². The summed E-state index contributed by atoms with van der Waals surface area (Å²) in [5, 5.41) is 10.5. The fraction of sp³-hybridized carbons (Fsp3) is 0.125. The van der Waals surface area contributed by atoms with Crippen molar-refractivity contribution in [1.82, 2.24) is 5.48 Å². The van der Waals surface area contributed by atoms with Crippen LogP contribution < -0.4 is 5.48 Å². The van der Waals surface area contributed by atoms with Gasteiger partial charge in [-0.15, -0.1) is 0 Å². The Morgan fingerprint density at radius 1 is 1.00 bits per heavy atom. The number of rotatable bonds is 0. The van der Waals surface area contributed by atoms with Gasteiger partial charge in [0.2, 0.25) is 5.79 Å². The Balaban J connectivity index is 2.09. The summed E-state index contributed by atoms with van der Waals surface area (Å²) in [5.41, 5.74) is 6.62. The summed E-state index contributed by atoms with van der Waals surface area (Å²) in [6, 6.07) is 16.2. The zero-order valence-corrected chi connectivity index (χ0v) is 11.7. The number of hydrogen-bond acceptors (Lipinski definition) is 4. The number of aliphatic hydroxyl groups is 1. The quantitative estimate of drug-likeness (QED) is 0.778. The van der Waals surface area contributed by atoms with E-state index in [4.69, 9.17) is 4.84 Å². The van der Waals surface area contributed by atoms with E-state index < -0.39 is 5.79 Å². The molecule has 4 rings (SSSR count). The standard InChI is InChI=1S/C16H13NO2S/c1-16(18)14-10-6-2-4-8-12(10)20-13-9-5-3-7-11(13)15(14)17-19-16/h2-9,17-18H,1H3. The molecule has 2 aliphatic rings. The van der Waals surface area contributed by atoms with E-state index in [1.54, 1.807) is 18.7 Å². The molecule has 2 aromatic carbocycles. The van der Waals surface area contributed by atoms with E-state index in [1.807, 2.05) is 36.4 Å². The highest BCUT2D eigenvalue weighted by Crippen LogP contribution is 2.48. The van der Waals surface area contributed by atoms with E-state index in [0.717, 1.165) is 32.2 Å². The summed E-state index contributed by atoms with van der Waals surface area (Å²) in [6.07, 6.45) is 0. The molecule has 20 heavy (non-hydrogen) atoms. The third-order valence-electron chi connectivity index (χ3n) is 3.60. The van der Waals surface area contributed by atoms with Gasteiger partial charge in [0.25, 0.3) is 0 Å². The molecule has 2 aromatic rings. The number of hydrogen-bond donors (Lipinski definition) is 2. The van der Waals surface area contributed by atoms with Gasteiger partial charge in [-0.1, -0.05) is 48.2 Å². The third-order valence-corrected chi connectivity index (χ3v) is 4.75. The molecule has 0 saturated carbocycles. The molecule has 0 fully saturated rings. The molecule has 4 heteroatoms. The monoisotopic (exact) mass is 283 g/mol. The van der Waals surface area contributed by atoms with E-state index in [2.05, 4.69) is 17.6 Å². The molecule has 0 aromatic heterocycles. The lowest BCUT2D eigenvalue weighted by Crippen LogP contribution is -2.27. The van der Waals surface area contributed by atoms with E-state index in [-0.39, 0.29) is 0 Å². The molecule has 0 aliphatic carbocycles. The summed E-state index contributed by atoms with van der Waals surface area (Å²) in [6.45, 7) is 1.66. The molecule has 1 atom stereocenters. The van der Waals surface area contributed by atoms with Crippen molar-refractivity contribution < 1.29 is 9.94 Å². The van der Waals surface area contributed by atoms with Crippen molar-refractivity contribution in [3.05, 3.63) is 59.7 Å². The second-order valence-corrected chi connectivity index (χ2v) is 6.12. The number of nitrogens with one attached hydrogen (secondary N) is 1. The SMILES string of the molecule is CC1(O)ONC2=C1c1ccccc1Sc1ccccc12. The highest BCUT2D eigenvalue weighted by molar-refractivity contribution is 7.99. The van der Waals surface area contributed by atoms with Crippen LogP contribution in [0, 0.1) is 0 Å². The molecule has 0 saturated heterocycles. The summed E-state index contributed by atoms with van der Waals surface area (Å²) < 4.78 is 0. The molecule has 0 bridgehead atoms. The molecule has 3 nitrogen and oxygen atoms in total. The second kappa shape index (κ2) is 4.12. The van der Waals surface area contributed by atoms with Gasteiger partial charge in [0.15, 0.2) is 0 Å². The van der Waals surface area contributed by atoms with Crippen LogP contribution in [-0.2, 0) is 4.84 Å². The van der Waals surface area contributed by atoms with Gasteiger partial charge in [-0.3, -0.25) is 5.48 Å². The predicted molar refractivity (Wildman–Crippen MR) is 78.7 cm³/mol. The maximum atomic E-state index is 10.5. The van der Waals surface area contributed by atoms with E-state index >= 15 is 0 Å². The van der Waals surface area contributed by atoms with Crippen LogP contribution >= 0.6 is 11.8 Å². The molecule has 0 amide bonds. The van der Waals surface area contributed by atoms with Crippen molar-refractivity contribution in [2.24, 2.45) is 0 Å². The van der Waals surface area contributed by atoms with Crippen molar-refractivity contribution >= 4 is 23.0 Å². The smallest absolute Gasteiger partial charge is 0.217 e. The van der Waals surface area contributed by atoms with Gasteiger partial charge in [0, 0.05) is 20.9 Å². The molecule has 0 spiro atoms. The van der Waals surface area contributed by atoms with Gasteiger partial charge in [-0.2, -0.15) is 0 Å². The average Bonchev–Trinajstić information content (AvgIpc) is 2.67. The van der Waals surface area contributed by atoms with E-state index in [0.29, 0.717) is 0 Å². The lowest BCUT2D eigenvalue weighted by Gasteiger charge is -2.19. The maximum Gasteiger partial charge on any atom is 0.217 e. The Kier molecular flexibility index (Phi) is 2.48. The van der Waals surface area contributed by atoms with Gasteiger partial charge in [0.05, 0.1) is 5.70 Å². The molecule has 2 aliphatic heterocycles. The number of hydroxylamine groups is 1. The Morgan fingerprint density at radius 3 is 2.35 bits per heavy atom. The van der Waals surface area contributed by atoms with Crippen molar-refractivity contribution in [1.29, 1.82) is 0 Å². The Bertz CT molecular complexity index is 737. The van der Waals surface area contributed by atoms with Crippen LogP contribution in [0.2, 0.25) is 0 Å². The summed E-state index contributed by atoms with van der Waals surface area (Å²) in [5.74, 6) is -1.33. The van der Waals surface area contributed by atoms with Crippen LogP contribution in [0.15, 0.2) is 58.3 Å². The molecular weight excluding hydrogens is 270 g/mol. The molecule has 2 N–H and O–H groups in total. The van der Waals surface area contributed by atoms with Crippen molar-refractivity contribution in [2.45, 2.75) is 22.5 Å². The lowest BCUT2D eigenvalue weighted by atomic mass is 9.94. The highest BCUT2D eigenvalue weighted by atomic mass is 32.2. The molecular formula is C16H13NO2S. The normalized spacial score (nSPS) is 23.5. The first-order chi connectivity index (χ1) is 9.67. The first-order valence-electron chi connectivity index (χ1n) is 6.44. The fourth-order valence-corrected chi connectivity index (χ4v) is 3.79. The number of benzene rings is 2. The van der Waals surface area contributed by atoms with E-state index in [9.17, 15) is 5.11 Å². The lowest BCUT2D eigenvalue weighted by molar-refractivity contribution is -0.160. The zero-order valence-electron chi connectivity index (χ0n) is 10.9. The van der Waals surface area contributed by atoms with E-state index in [1.165, 1.54) is 0 Å². The topological polar surface area (TPSA) is 41.5 Å². The minimum absolute atomic E-state index is 0.797. The fourth-order valence-electron chi connectivity index (χ4n) is 2.70. The van der Waals surface area contributed by atoms with Gasteiger partial charge in [-0.25, -0.2) is 4.84 Å². The van der Waals surface area contributed by atoms with Crippen molar-refractivity contribution in [2.75, 3.05) is 0 Å². The Hall–Kier alpha value is -1.75. The van der Waals surface area contributed by atoms with Crippen LogP contribution in [0.25, 0.3) is 11.3 Å². The summed E-state index contributed by atoms with van der Waals surface area (Å²) in [7, 11) is 0. The van der Waals surface area contributed by atoms with Gasteiger partial charge in [0.1, 0.15) is 0 Å². The molecule has 1 unspecified atom stereocenters. The number of fused-ring (bicyclic) bond motifs is 4. The van der Waals surface area contributed by atoms with Gasteiger partial charge >= 0.3 is 0 Å². The molecule has 0 radical (unpaired) electrons. The third kappa shape index (κ3) is 1.62. The highest BCUT2D eigenvalue weighted by Gasteiger charge is 2.41. The largest absolute Gasteiger partial charge is 0.360 e. The van der Waals surface area contributed by atoms with Crippen LogP contribution in [0.4, 0.5) is 0 Å². The zero-order chi connectivity index (χ0) is 13.7. The minimum Gasteiger partial charge on any atom is -0.360 e. The van der Waals surface area contributed by atoms with Gasteiger partial charge < -0.3 is 5.11 Å². The first-order valence-corrected chi connectivity index (χ1v) is 7.26. The van der Waals surface area contributed by atoms with Crippen LogP contribution in [0.5, 0.6) is 0 Å². The minimum atomic E-state index is -1.33. The maximum absolute atomic E-state index is 10.5. The molecule has 2 heterocycles. The second-order valence-electron chi connectivity index (χ2n) is 5.03. The predicted octanol–water partition coefficient (Wildman–Crippen LogP) is 3.26. The first kappa shape index (κ1) is 12.0. The van der Waals surface area contributed by atoms with Crippen molar-refractivity contribution in [3.63, 3.8) is 0 Å². The summed E-state index contributed by atoms with van der Waals surface area (Å²) in [4.78, 5) is 7.65. The Morgan fingerprint density at radius 2 is 1.60 bits per heavy atom. The van der Waals surface area contributed by atoms with Crippen LogP contribution in [-0.4, -0.2) is 10.9 Å². The van der Waals surface area contributed by atoms with Crippen molar-refractivity contribution in [3.8, 4) is 0 Å². The van der Waals surface area contributed by atoms with Crippen LogP contribution in [0.3, 0.4) is 0 Å². The van der Waals surface area contributed by atoms with Gasteiger partial charge in [-0.05, 0) is 24.6 Å². The summed E-state index contributed by atoms with van der Waals surface area (Å²) >= 11 is 1.71. The van der Waals surface area contributed by atoms with Crippen LogP contribution in [0.1, 0.15) is 18.1 Å². The molecule has 100 valence electrons. The average molecular weight is 283 g/mol.